The molecular weight excluding hydrogens is 386 g/mol. The fourth-order valence-corrected chi connectivity index (χ4v) is 4.70. The van der Waals surface area contributed by atoms with Crippen molar-refractivity contribution in [2.45, 2.75) is 20.3 Å². The van der Waals surface area contributed by atoms with E-state index < -0.39 is 10.0 Å². The lowest BCUT2D eigenvalue weighted by molar-refractivity contribution is 0.603. The van der Waals surface area contributed by atoms with Crippen molar-refractivity contribution in [1.29, 1.82) is 0 Å². The highest BCUT2D eigenvalue weighted by Crippen LogP contribution is 2.20. The molecule has 1 aliphatic carbocycles. The average molecular weight is 407 g/mol. The minimum absolute atomic E-state index is 0.0563. The summed E-state index contributed by atoms with van der Waals surface area (Å²) in [5.74, 6) is 0.511. The average Bonchev–Trinajstić information content (AvgIpc) is 3.06. The van der Waals surface area contributed by atoms with Gasteiger partial charge in [0, 0.05) is 5.69 Å². The van der Waals surface area contributed by atoms with E-state index in [1.165, 1.54) is 4.57 Å². The molecule has 0 radical (unpaired) electrons. The molecule has 2 aromatic carbocycles. The number of allylic oxidation sites excluding steroid dienone is 3. The molecule has 1 N–H and O–H groups in total. The van der Waals surface area contributed by atoms with Crippen molar-refractivity contribution < 1.29 is 8.42 Å². The van der Waals surface area contributed by atoms with Gasteiger partial charge in [0.05, 0.1) is 22.3 Å². The largest absolute Gasteiger partial charge is 0.283 e. The highest BCUT2D eigenvalue weighted by atomic mass is 32.2. The maximum Gasteiger partial charge on any atom is 0.265 e. The Labute approximate surface area is 169 Å². The zero-order valence-corrected chi connectivity index (χ0v) is 17.0. The lowest BCUT2D eigenvalue weighted by atomic mass is 10.2. The minimum Gasteiger partial charge on any atom is -0.283 e. The lowest BCUT2D eigenvalue weighted by Crippen LogP contribution is -2.22. The fourth-order valence-electron chi connectivity index (χ4n) is 3.49. The first-order valence-electron chi connectivity index (χ1n) is 9.28. The number of aryl methyl sites for hydroxylation is 1. The van der Waals surface area contributed by atoms with Gasteiger partial charge in [-0.05, 0) is 62.2 Å². The molecule has 29 heavy (non-hydrogen) atoms. The van der Waals surface area contributed by atoms with E-state index in [4.69, 9.17) is 0 Å². The third-order valence-electron chi connectivity index (χ3n) is 4.82. The van der Waals surface area contributed by atoms with Crippen LogP contribution in [0.1, 0.15) is 19.2 Å². The van der Waals surface area contributed by atoms with E-state index >= 15 is 0 Å². The maximum absolute atomic E-state index is 12.9. The van der Waals surface area contributed by atoms with Crippen LogP contribution in [0.3, 0.4) is 0 Å². The van der Waals surface area contributed by atoms with Gasteiger partial charge in [0.1, 0.15) is 5.82 Å². The van der Waals surface area contributed by atoms with Crippen LogP contribution >= 0.6 is 0 Å². The van der Waals surface area contributed by atoms with Gasteiger partial charge in [0.2, 0.25) is 10.0 Å². The summed E-state index contributed by atoms with van der Waals surface area (Å²) in [6.45, 7) is 3.75. The Bertz CT molecular complexity index is 1320. The monoisotopic (exact) mass is 407 g/mol. The van der Waals surface area contributed by atoms with Crippen LogP contribution in [0.25, 0.3) is 16.6 Å². The molecule has 0 bridgehead atoms. The van der Waals surface area contributed by atoms with Crippen molar-refractivity contribution in [2.75, 3.05) is 10.5 Å². The Morgan fingerprint density at radius 2 is 1.79 bits per heavy atom. The van der Waals surface area contributed by atoms with Crippen molar-refractivity contribution in [3.05, 3.63) is 88.0 Å². The molecule has 7 heteroatoms. The number of hydrogen-bond donors (Lipinski definition) is 1. The van der Waals surface area contributed by atoms with Crippen LogP contribution in [-0.4, -0.2) is 23.7 Å². The molecule has 3 aromatic rings. The first kappa shape index (κ1) is 19.1. The van der Waals surface area contributed by atoms with Crippen LogP contribution in [0.5, 0.6) is 0 Å². The van der Waals surface area contributed by atoms with Gasteiger partial charge >= 0.3 is 0 Å². The third-order valence-corrected chi connectivity index (χ3v) is 6.08. The number of aromatic nitrogens is 2. The molecule has 1 heterocycles. The second-order valence-electron chi connectivity index (χ2n) is 7.20. The Balaban J connectivity index is 1.60. The van der Waals surface area contributed by atoms with Crippen LogP contribution in [0.2, 0.25) is 0 Å². The quantitative estimate of drug-likeness (QED) is 0.699. The maximum atomic E-state index is 12.9. The van der Waals surface area contributed by atoms with E-state index in [1.807, 2.05) is 31.2 Å². The van der Waals surface area contributed by atoms with Crippen molar-refractivity contribution in [3.8, 4) is 5.69 Å². The van der Waals surface area contributed by atoms with E-state index in [-0.39, 0.29) is 11.3 Å². The normalized spacial score (nSPS) is 14.0. The van der Waals surface area contributed by atoms with Gasteiger partial charge < -0.3 is 0 Å². The molecule has 0 fully saturated rings. The third kappa shape index (κ3) is 4.00. The molecule has 0 atom stereocenters. The number of fused-ring (bicyclic) bond motifs is 1. The number of sulfonamides is 1. The summed E-state index contributed by atoms with van der Waals surface area (Å²) >= 11 is 0. The number of para-hydroxylation sites is 1. The predicted octanol–water partition coefficient (Wildman–Crippen LogP) is 3.71. The van der Waals surface area contributed by atoms with E-state index in [0.29, 0.717) is 28.1 Å². The van der Waals surface area contributed by atoms with Crippen molar-refractivity contribution >= 4 is 26.6 Å². The summed E-state index contributed by atoms with van der Waals surface area (Å²) in [5.41, 5.74) is 3.54. The summed E-state index contributed by atoms with van der Waals surface area (Å²) in [6, 6.07) is 13.9. The summed E-state index contributed by atoms with van der Waals surface area (Å²) in [7, 11) is -3.51. The van der Waals surface area contributed by atoms with E-state index in [2.05, 4.69) is 9.71 Å². The van der Waals surface area contributed by atoms with Crippen molar-refractivity contribution in [3.63, 3.8) is 0 Å². The topological polar surface area (TPSA) is 81.1 Å². The lowest BCUT2D eigenvalue weighted by Gasteiger charge is -2.12. The highest BCUT2D eigenvalue weighted by Gasteiger charge is 2.15. The van der Waals surface area contributed by atoms with Crippen LogP contribution in [-0.2, 0) is 10.0 Å². The predicted molar refractivity (Wildman–Crippen MR) is 116 cm³/mol. The second kappa shape index (κ2) is 7.33. The van der Waals surface area contributed by atoms with Gasteiger partial charge in [0.25, 0.3) is 5.56 Å². The van der Waals surface area contributed by atoms with Crippen LogP contribution in [0.15, 0.2) is 76.6 Å². The zero-order chi connectivity index (χ0) is 20.6. The highest BCUT2D eigenvalue weighted by molar-refractivity contribution is 7.92. The van der Waals surface area contributed by atoms with E-state index in [0.717, 1.165) is 17.6 Å². The molecule has 1 aliphatic rings. The molecule has 148 valence electrons. The van der Waals surface area contributed by atoms with E-state index in [1.54, 1.807) is 43.3 Å². The summed E-state index contributed by atoms with van der Waals surface area (Å²) in [6.07, 6.45) is 4.64. The van der Waals surface area contributed by atoms with Gasteiger partial charge in [-0.25, -0.2) is 13.4 Å². The standard InChI is InChI=1S/C22H21N3O3S/c1-15-7-8-17(13-15)14-29(27,28)24-18-9-11-19(12-10-18)25-16(2)23-21-6-4-3-5-20(21)22(25)26/h3-6,8-13,24H,7,14H2,1-2H3. The molecule has 0 aliphatic heterocycles. The Hall–Kier alpha value is -3.19. The van der Waals surface area contributed by atoms with E-state index in [9.17, 15) is 13.2 Å². The van der Waals surface area contributed by atoms with Gasteiger partial charge in [-0.15, -0.1) is 0 Å². The van der Waals surface area contributed by atoms with Crippen molar-refractivity contribution in [1.82, 2.24) is 9.55 Å². The number of nitrogens with one attached hydrogen (secondary N) is 1. The minimum atomic E-state index is -3.51. The van der Waals surface area contributed by atoms with Crippen LogP contribution < -0.4 is 10.3 Å². The van der Waals surface area contributed by atoms with Crippen molar-refractivity contribution in [2.24, 2.45) is 0 Å². The second-order valence-corrected chi connectivity index (χ2v) is 8.92. The summed E-state index contributed by atoms with van der Waals surface area (Å²) < 4.78 is 29.0. The fraction of sp³-hybridized carbons (Fsp3) is 0.182. The first-order valence-corrected chi connectivity index (χ1v) is 10.9. The summed E-state index contributed by atoms with van der Waals surface area (Å²) in [4.78, 5) is 17.4. The molecule has 6 nitrogen and oxygen atoms in total. The number of benzene rings is 2. The zero-order valence-electron chi connectivity index (χ0n) is 16.2. The Morgan fingerprint density at radius 1 is 1.07 bits per heavy atom. The molecule has 0 saturated carbocycles. The molecule has 0 saturated heterocycles. The molecule has 4 rings (SSSR count). The molecule has 0 amide bonds. The molecular formula is C22H21N3O3S. The van der Waals surface area contributed by atoms with Gasteiger partial charge in [-0.1, -0.05) is 29.9 Å². The number of hydrogen-bond acceptors (Lipinski definition) is 4. The Morgan fingerprint density at radius 3 is 2.48 bits per heavy atom. The number of nitrogens with zero attached hydrogens (tertiary/aromatic N) is 2. The van der Waals surface area contributed by atoms with Crippen LogP contribution in [0.4, 0.5) is 5.69 Å². The molecule has 1 aromatic heterocycles. The number of rotatable bonds is 5. The molecule has 0 spiro atoms. The summed E-state index contributed by atoms with van der Waals surface area (Å²) in [5, 5.41) is 0.538. The SMILES string of the molecule is CC1=CC(CS(=O)(=O)Nc2ccc(-n3c(C)nc4ccccc4c3=O)cc2)=CC1. The van der Waals surface area contributed by atoms with Gasteiger partial charge in [0.15, 0.2) is 0 Å². The van der Waals surface area contributed by atoms with Gasteiger partial charge in [-0.3, -0.25) is 14.1 Å². The smallest absolute Gasteiger partial charge is 0.265 e. The molecule has 0 unspecified atom stereocenters. The first-order chi connectivity index (χ1) is 13.8. The van der Waals surface area contributed by atoms with Crippen LogP contribution in [0, 0.1) is 6.92 Å². The number of anilines is 1. The van der Waals surface area contributed by atoms with Gasteiger partial charge in [-0.2, -0.15) is 0 Å². The Kier molecular flexibility index (Phi) is 4.84.